The van der Waals surface area contributed by atoms with Crippen molar-refractivity contribution in [1.82, 2.24) is 4.90 Å². The lowest BCUT2D eigenvalue weighted by molar-refractivity contribution is -0.145. The number of rotatable bonds is 4. The Kier molecular flexibility index (Phi) is 6.37. The molecule has 1 fully saturated rings. The number of carboxylic acid groups (broad SMARTS) is 1. The Morgan fingerprint density at radius 3 is 2.46 bits per heavy atom. The molecule has 0 aromatic heterocycles. The third-order valence-corrected chi connectivity index (χ3v) is 5.84. The topological polar surface area (TPSA) is 40.5 Å². The molecule has 2 atom stereocenters. The summed E-state index contributed by atoms with van der Waals surface area (Å²) < 4.78 is 40.7. The molecule has 3 nitrogen and oxygen atoms in total. The zero-order chi connectivity index (χ0) is 20.5. The van der Waals surface area contributed by atoms with E-state index >= 15 is 0 Å². The van der Waals surface area contributed by atoms with Crippen molar-refractivity contribution in [1.29, 1.82) is 0 Å². The average Bonchev–Trinajstić information content (AvgIpc) is 2.64. The van der Waals surface area contributed by atoms with Gasteiger partial charge in [-0.1, -0.05) is 46.1 Å². The van der Waals surface area contributed by atoms with Gasteiger partial charge < -0.3 is 5.11 Å². The van der Waals surface area contributed by atoms with Crippen LogP contribution in [0.1, 0.15) is 42.0 Å². The van der Waals surface area contributed by atoms with Gasteiger partial charge in [0, 0.05) is 9.50 Å². The van der Waals surface area contributed by atoms with Crippen molar-refractivity contribution in [2.45, 2.75) is 37.5 Å². The lowest BCUT2D eigenvalue weighted by Crippen LogP contribution is -2.47. The summed E-state index contributed by atoms with van der Waals surface area (Å²) in [6, 6.07) is 8.84. The molecule has 0 bridgehead atoms. The predicted octanol–water partition coefficient (Wildman–Crippen LogP) is 6.15. The summed E-state index contributed by atoms with van der Waals surface area (Å²) in [4.78, 5) is 13.6. The van der Waals surface area contributed by atoms with Crippen molar-refractivity contribution in [3.05, 3.63) is 68.7 Å². The maximum Gasteiger partial charge on any atom is 0.416 e. The Morgan fingerprint density at radius 1 is 1.18 bits per heavy atom. The van der Waals surface area contributed by atoms with E-state index < -0.39 is 29.8 Å². The van der Waals surface area contributed by atoms with Crippen LogP contribution < -0.4 is 0 Å². The highest BCUT2D eigenvalue weighted by atomic mass is 79.9. The van der Waals surface area contributed by atoms with Gasteiger partial charge in [0.05, 0.1) is 11.6 Å². The molecule has 1 aliphatic heterocycles. The van der Waals surface area contributed by atoms with Gasteiger partial charge in [0.1, 0.15) is 6.04 Å². The molecule has 0 amide bonds. The second kappa shape index (κ2) is 8.43. The Morgan fingerprint density at radius 2 is 1.86 bits per heavy atom. The molecule has 0 saturated carbocycles. The molecule has 28 heavy (non-hydrogen) atoms. The van der Waals surface area contributed by atoms with Crippen LogP contribution in [0.2, 0.25) is 5.02 Å². The summed E-state index contributed by atoms with van der Waals surface area (Å²) in [5.74, 6) is -0.982. The van der Waals surface area contributed by atoms with Crippen LogP contribution in [0.15, 0.2) is 46.9 Å². The number of piperidine rings is 1. The fourth-order valence-corrected chi connectivity index (χ4v) is 4.14. The SMILES string of the molecule is O=C(O)C1CCCCN1C(c1ccc(Br)cc1)c1cc(C(F)(F)F)ccc1Cl. The van der Waals surface area contributed by atoms with Crippen molar-refractivity contribution in [2.75, 3.05) is 6.54 Å². The first kappa shape index (κ1) is 21.1. The lowest BCUT2D eigenvalue weighted by Gasteiger charge is -2.40. The van der Waals surface area contributed by atoms with Gasteiger partial charge in [-0.05, 0) is 60.8 Å². The summed E-state index contributed by atoms with van der Waals surface area (Å²) in [6.45, 7) is 0.463. The summed E-state index contributed by atoms with van der Waals surface area (Å²) in [5, 5.41) is 9.86. The number of alkyl halides is 3. The molecule has 150 valence electrons. The zero-order valence-corrected chi connectivity index (χ0v) is 17.1. The number of carboxylic acids is 1. The highest BCUT2D eigenvalue weighted by Crippen LogP contribution is 2.40. The molecular formula is C20H18BrClF3NO2. The van der Waals surface area contributed by atoms with Crippen LogP contribution in [-0.4, -0.2) is 28.6 Å². The van der Waals surface area contributed by atoms with E-state index in [9.17, 15) is 23.1 Å². The normalized spacial score (nSPS) is 19.4. The van der Waals surface area contributed by atoms with E-state index in [0.29, 0.717) is 18.5 Å². The molecule has 0 aliphatic carbocycles. The number of nitrogens with zero attached hydrogens (tertiary/aromatic N) is 1. The van der Waals surface area contributed by atoms with Crippen molar-refractivity contribution in [2.24, 2.45) is 0 Å². The summed E-state index contributed by atoms with van der Waals surface area (Å²) >= 11 is 9.67. The zero-order valence-electron chi connectivity index (χ0n) is 14.7. The smallest absolute Gasteiger partial charge is 0.416 e. The van der Waals surface area contributed by atoms with Crippen molar-refractivity contribution < 1.29 is 23.1 Å². The molecule has 2 unspecified atom stereocenters. The van der Waals surface area contributed by atoms with Gasteiger partial charge >= 0.3 is 12.1 Å². The first-order valence-corrected chi connectivity index (χ1v) is 9.96. The number of benzene rings is 2. The highest BCUT2D eigenvalue weighted by molar-refractivity contribution is 9.10. The number of hydrogen-bond donors (Lipinski definition) is 1. The fourth-order valence-electron chi connectivity index (χ4n) is 3.65. The van der Waals surface area contributed by atoms with E-state index in [2.05, 4.69) is 15.9 Å². The van der Waals surface area contributed by atoms with Crippen LogP contribution in [0.5, 0.6) is 0 Å². The van der Waals surface area contributed by atoms with E-state index in [1.54, 1.807) is 29.2 Å². The van der Waals surface area contributed by atoms with Gasteiger partial charge in [-0.3, -0.25) is 9.69 Å². The summed E-state index contributed by atoms with van der Waals surface area (Å²) in [5.41, 5.74) is 0.141. The quantitative estimate of drug-likeness (QED) is 0.575. The predicted molar refractivity (Wildman–Crippen MR) is 104 cm³/mol. The first-order chi connectivity index (χ1) is 13.2. The van der Waals surface area contributed by atoms with E-state index in [0.717, 1.165) is 29.4 Å². The Labute approximate surface area is 174 Å². The summed E-state index contributed by atoms with van der Waals surface area (Å²) in [7, 11) is 0. The van der Waals surface area contributed by atoms with Gasteiger partial charge in [0.25, 0.3) is 0 Å². The van der Waals surface area contributed by atoms with Crippen LogP contribution in [0.3, 0.4) is 0 Å². The minimum absolute atomic E-state index is 0.177. The van der Waals surface area contributed by atoms with Gasteiger partial charge in [-0.2, -0.15) is 13.2 Å². The molecule has 8 heteroatoms. The van der Waals surface area contributed by atoms with E-state index in [1.807, 2.05) is 0 Å². The van der Waals surface area contributed by atoms with E-state index in [1.165, 1.54) is 6.07 Å². The minimum atomic E-state index is -4.52. The van der Waals surface area contributed by atoms with Crippen LogP contribution in [0.4, 0.5) is 13.2 Å². The third kappa shape index (κ3) is 4.53. The lowest BCUT2D eigenvalue weighted by atomic mass is 9.91. The van der Waals surface area contributed by atoms with Crippen molar-refractivity contribution in [3.8, 4) is 0 Å². The maximum atomic E-state index is 13.3. The van der Waals surface area contributed by atoms with Crippen LogP contribution in [0, 0.1) is 0 Å². The Bertz CT molecular complexity index is 858. The second-order valence-electron chi connectivity index (χ2n) is 6.78. The molecule has 2 aromatic rings. The number of likely N-dealkylation sites (tertiary alicyclic amines) is 1. The molecule has 1 saturated heterocycles. The van der Waals surface area contributed by atoms with Gasteiger partial charge in [-0.25, -0.2) is 0 Å². The van der Waals surface area contributed by atoms with Gasteiger partial charge in [0.2, 0.25) is 0 Å². The third-order valence-electron chi connectivity index (χ3n) is 4.96. The average molecular weight is 477 g/mol. The second-order valence-corrected chi connectivity index (χ2v) is 8.10. The largest absolute Gasteiger partial charge is 0.480 e. The molecule has 1 heterocycles. The monoisotopic (exact) mass is 475 g/mol. The number of halogens is 5. The Hall–Kier alpha value is -1.57. The van der Waals surface area contributed by atoms with Crippen LogP contribution in [0.25, 0.3) is 0 Å². The maximum absolute atomic E-state index is 13.3. The van der Waals surface area contributed by atoms with Crippen LogP contribution in [-0.2, 0) is 11.0 Å². The fraction of sp³-hybridized carbons (Fsp3) is 0.350. The van der Waals surface area contributed by atoms with E-state index in [-0.39, 0.29) is 10.6 Å². The number of hydrogen-bond acceptors (Lipinski definition) is 2. The first-order valence-electron chi connectivity index (χ1n) is 8.79. The molecule has 0 radical (unpaired) electrons. The Balaban J connectivity index is 2.17. The molecule has 3 rings (SSSR count). The standard InChI is InChI=1S/C20H18BrClF3NO2/c21-14-7-4-12(5-8-14)18(26-10-2-1-3-17(26)19(27)28)15-11-13(20(23,24)25)6-9-16(15)22/h4-9,11,17-18H,1-3,10H2,(H,27,28). The van der Waals surface area contributed by atoms with Gasteiger partial charge in [-0.15, -0.1) is 0 Å². The molecular weight excluding hydrogens is 459 g/mol. The number of carbonyl (C=O) groups is 1. The molecule has 1 aliphatic rings. The number of aliphatic carboxylic acids is 1. The van der Waals surface area contributed by atoms with Gasteiger partial charge in [0.15, 0.2) is 0 Å². The highest BCUT2D eigenvalue weighted by Gasteiger charge is 2.37. The van der Waals surface area contributed by atoms with Crippen molar-refractivity contribution >= 4 is 33.5 Å². The molecule has 2 aromatic carbocycles. The molecule has 0 spiro atoms. The molecule has 1 N–H and O–H groups in total. The van der Waals surface area contributed by atoms with Crippen LogP contribution >= 0.6 is 27.5 Å². The van der Waals surface area contributed by atoms with Crippen molar-refractivity contribution in [3.63, 3.8) is 0 Å². The van der Waals surface area contributed by atoms with E-state index in [4.69, 9.17) is 11.6 Å². The summed E-state index contributed by atoms with van der Waals surface area (Å²) in [6.07, 6.45) is -2.54. The minimum Gasteiger partial charge on any atom is -0.480 e.